The summed E-state index contributed by atoms with van der Waals surface area (Å²) in [6.07, 6.45) is 1.35. The number of benzene rings is 1. The summed E-state index contributed by atoms with van der Waals surface area (Å²) in [6.45, 7) is -2.91. The lowest BCUT2D eigenvalue weighted by molar-refractivity contribution is -0.0497. The van der Waals surface area contributed by atoms with Gasteiger partial charge in [0, 0.05) is 16.1 Å². The van der Waals surface area contributed by atoms with E-state index in [0.29, 0.717) is 15.4 Å². The molecule has 0 N–H and O–H groups in total. The third-order valence-corrected chi connectivity index (χ3v) is 3.26. The first-order valence-corrected chi connectivity index (χ1v) is 5.93. The molecular weight excluding hydrogens is 324 g/mol. The van der Waals surface area contributed by atoms with Crippen LogP contribution in [0.2, 0.25) is 0 Å². The maximum Gasteiger partial charge on any atom is 0.387 e. The Morgan fingerprint density at radius 1 is 1.42 bits per heavy atom. The lowest BCUT2D eigenvalue weighted by atomic mass is 10.1. The minimum atomic E-state index is -2.91. The summed E-state index contributed by atoms with van der Waals surface area (Å²) in [5, 5.41) is 0.487. The summed E-state index contributed by atoms with van der Waals surface area (Å²) in [5.74, 6) is -0.575. The van der Waals surface area contributed by atoms with E-state index >= 15 is 0 Å². The predicted molar refractivity (Wildman–Crippen MR) is 67.4 cm³/mol. The molecule has 100 valence electrons. The lowest BCUT2D eigenvalue weighted by Gasteiger charge is -2.08. The number of methoxy groups -OCH3 is 1. The highest BCUT2D eigenvalue weighted by Gasteiger charge is 2.15. The Bertz CT molecular complexity index is 634. The third-order valence-electron chi connectivity index (χ3n) is 2.40. The van der Waals surface area contributed by atoms with E-state index in [1.165, 1.54) is 31.5 Å². The van der Waals surface area contributed by atoms with Crippen LogP contribution in [0.5, 0.6) is 5.75 Å². The molecule has 0 aliphatic rings. The van der Waals surface area contributed by atoms with Crippen LogP contribution in [0.25, 0.3) is 10.9 Å². The van der Waals surface area contributed by atoms with Gasteiger partial charge in [0.2, 0.25) is 0 Å². The molecule has 0 saturated heterocycles. The molecule has 0 spiro atoms. The van der Waals surface area contributed by atoms with Gasteiger partial charge in [-0.15, -0.1) is 0 Å². The molecule has 19 heavy (non-hydrogen) atoms. The number of rotatable bonds is 3. The average Bonchev–Trinajstić information content (AvgIpc) is 2.38. The number of nitrogens with zero attached hydrogens (tertiary/aromatic N) is 1. The molecule has 0 aliphatic heterocycles. The van der Waals surface area contributed by atoms with E-state index in [2.05, 4.69) is 30.4 Å². The van der Waals surface area contributed by atoms with Crippen LogP contribution >= 0.6 is 15.9 Å². The van der Waals surface area contributed by atoms with Crippen molar-refractivity contribution in [1.82, 2.24) is 4.98 Å². The maximum absolute atomic E-state index is 12.2. The molecule has 0 radical (unpaired) electrons. The highest BCUT2D eigenvalue weighted by atomic mass is 79.9. The zero-order chi connectivity index (χ0) is 14.0. The van der Waals surface area contributed by atoms with Crippen molar-refractivity contribution < 1.29 is 23.0 Å². The summed E-state index contributed by atoms with van der Waals surface area (Å²) < 4.78 is 33.6. The Kier molecular flexibility index (Phi) is 3.94. The third kappa shape index (κ3) is 2.81. The maximum atomic E-state index is 12.2. The molecule has 4 nitrogen and oxygen atoms in total. The van der Waals surface area contributed by atoms with Crippen molar-refractivity contribution in [2.24, 2.45) is 0 Å². The Morgan fingerprint density at radius 2 is 2.16 bits per heavy atom. The molecule has 0 saturated carbocycles. The van der Waals surface area contributed by atoms with Crippen molar-refractivity contribution in [2.45, 2.75) is 6.61 Å². The molecule has 2 aromatic rings. The van der Waals surface area contributed by atoms with Gasteiger partial charge in [-0.2, -0.15) is 8.78 Å². The minimum absolute atomic E-state index is 0.00739. The minimum Gasteiger partial charge on any atom is -0.465 e. The lowest BCUT2D eigenvalue weighted by Crippen LogP contribution is -2.04. The number of carbonyl (C=O) groups is 1. The number of ether oxygens (including phenoxy) is 2. The number of halogens is 3. The van der Waals surface area contributed by atoms with Gasteiger partial charge in [0.05, 0.1) is 18.2 Å². The second kappa shape index (κ2) is 5.48. The van der Waals surface area contributed by atoms with E-state index in [1.807, 2.05) is 0 Å². The molecule has 0 atom stereocenters. The standard InChI is InChI=1S/C12H8BrF2NO3/c1-18-11(17)8-5-16-9-3-2-6(19-12(14)15)4-7(9)10(8)13/h2-5,12H,1H3. The molecule has 7 heteroatoms. The van der Waals surface area contributed by atoms with Crippen molar-refractivity contribution in [3.8, 4) is 5.75 Å². The molecule has 0 unspecified atom stereocenters. The van der Waals surface area contributed by atoms with E-state index in [1.54, 1.807) is 0 Å². The van der Waals surface area contributed by atoms with E-state index in [9.17, 15) is 13.6 Å². The first-order chi connectivity index (χ1) is 9.02. The molecule has 0 aliphatic carbocycles. The van der Waals surface area contributed by atoms with Crippen LogP contribution in [0.15, 0.2) is 28.9 Å². The summed E-state index contributed by atoms with van der Waals surface area (Å²) >= 11 is 3.24. The highest BCUT2D eigenvalue weighted by molar-refractivity contribution is 9.10. The number of aromatic nitrogens is 1. The van der Waals surface area contributed by atoms with Crippen LogP contribution < -0.4 is 4.74 Å². The average molecular weight is 332 g/mol. The molecular formula is C12H8BrF2NO3. The smallest absolute Gasteiger partial charge is 0.387 e. The molecule has 2 rings (SSSR count). The first kappa shape index (κ1) is 13.7. The van der Waals surface area contributed by atoms with Gasteiger partial charge in [-0.1, -0.05) is 0 Å². The first-order valence-electron chi connectivity index (χ1n) is 5.14. The van der Waals surface area contributed by atoms with Gasteiger partial charge in [0.25, 0.3) is 0 Å². The Hall–Kier alpha value is -1.76. The van der Waals surface area contributed by atoms with E-state index < -0.39 is 12.6 Å². The zero-order valence-electron chi connectivity index (χ0n) is 9.69. The number of alkyl halides is 2. The van der Waals surface area contributed by atoms with Gasteiger partial charge >= 0.3 is 12.6 Å². The summed E-state index contributed by atoms with van der Waals surface area (Å²) in [7, 11) is 1.25. The van der Waals surface area contributed by atoms with Gasteiger partial charge in [0.1, 0.15) is 5.75 Å². The Labute approximate surface area is 115 Å². The fraction of sp³-hybridized carbons (Fsp3) is 0.167. The van der Waals surface area contributed by atoms with E-state index in [4.69, 9.17) is 0 Å². The summed E-state index contributed by atoms with van der Waals surface area (Å²) in [4.78, 5) is 15.6. The molecule has 0 fully saturated rings. The van der Waals surface area contributed by atoms with Gasteiger partial charge in [-0.25, -0.2) is 4.79 Å². The molecule has 0 amide bonds. The van der Waals surface area contributed by atoms with Gasteiger partial charge < -0.3 is 9.47 Å². The molecule has 0 bridgehead atoms. The van der Waals surface area contributed by atoms with E-state index in [0.717, 1.165) is 0 Å². The van der Waals surface area contributed by atoms with Crippen molar-refractivity contribution in [2.75, 3.05) is 7.11 Å². The fourth-order valence-electron chi connectivity index (χ4n) is 1.57. The number of hydrogen-bond acceptors (Lipinski definition) is 4. The number of hydrogen-bond donors (Lipinski definition) is 0. The number of pyridine rings is 1. The molecule has 1 heterocycles. The van der Waals surface area contributed by atoms with Crippen LogP contribution in [0.3, 0.4) is 0 Å². The molecule has 1 aromatic heterocycles. The van der Waals surface area contributed by atoms with Gasteiger partial charge in [-0.05, 0) is 34.1 Å². The Balaban J connectivity index is 2.55. The summed E-state index contributed by atoms with van der Waals surface area (Å²) in [5.41, 5.74) is 0.755. The SMILES string of the molecule is COC(=O)c1cnc2ccc(OC(F)F)cc2c1Br. The second-order valence-electron chi connectivity index (χ2n) is 3.53. The van der Waals surface area contributed by atoms with Crippen LogP contribution in [0.1, 0.15) is 10.4 Å². The fourth-order valence-corrected chi connectivity index (χ4v) is 2.15. The van der Waals surface area contributed by atoms with Crippen molar-refractivity contribution in [3.05, 3.63) is 34.4 Å². The summed E-state index contributed by atoms with van der Waals surface area (Å²) in [6, 6.07) is 4.29. The molecule has 1 aromatic carbocycles. The number of esters is 1. The zero-order valence-corrected chi connectivity index (χ0v) is 11.3. The van der Waals surface area contributed by atoms with Crippen LogP contribution in [-0.4, -0.2) is 24.7 Å². The van der Waals surface area contributed by atoms with Crippen LogP contribution in [0, 0.1) is 0 Å². The predicted octanol–water partition coefficient (Wildman–Crippen LogP) is 3.39. The van der Waals surface area contributed by atoms with Gasteiger partial charge in [-0.3, -0.25) is 4.98 Å². The second-order valence-corrected chi connectivity index (χ2v) is 4.33. The largest absolute Gasteiger partial charge is 0.465 e. The van der Waals surface area contributed by atoms with Crippen molar-refractivity contribution in [3.63, 3.8) is 0 Å². The van der Waals surface area contributed by atoms with Gasteiger partial charge in [0.15, 0.2) is 0 Å². The van der Waals surface area contributed by atoms with Crippen molar-refractivity contribution >= 4 is 32.8 Å². The highest BCUT2D eigenvalue weighted by Crippen LogP contribution is 2.30. The van der Waals surface area contributed by atoms with Crippen molar-refractivity contribution in [1.29, 1.82) is 0 Å². The monoisotopic (exact) mass is 331 g/mol. The number of fused-ring (bicyclic) bond motifs is 1. The Morgan fingerprint density at radius 3 is 2.79 bits per heavy atom. The van der Waals surface area contributed by atoms with Crippen LogP contribution in [0.4, 0.5) is 8.78 Å². The quantitative estimate of drug-likeness (QED) is 0.809. The topological polar surface area (TPSA) is 48.4 Å². The van der Waals surface area contributed by atoms with E-state index in [-0.39, 0.29) is 11.3 Å². The van der Waals surface area contributed by atoms with Crippen LogP contribution in [-0.2, 0) is 4.74 Å². The number of carbonyl (C=O) groups excluding carboxylic acids is 1. The normalized spacial score (nSPS) is 10.8.